The molecule has 2 aliphatic heterocycles. The maximum Gasteiger partial charge on any atom is 0.420 e. The SMILES string of the molecule is CC1=C(C(=O)O)N2C(=O)O[C@H]2S1. The van der Waals surface area contributed by atoms with E-state index in [-0.39, 0.29) is 5.70 Å². The zero-order valence-corrected chi connectivity index (χ0v) is 6.92. The Labute approximate surface area is 72.0 Å². The Morgan fingerprint density at radius 2 is 2.42 bits per heavy atom. The van der Waals surface area contributed by atoms with Crippen LogP contribution < -0.4 is 0 Å². The molecule has 1 fully saturated rings. The minimum atomic E-state index is -1.08. The van der Waals surface area contributed by atoms with E-state index in [4.69, 9.17) is 5.11 Å². The highest BCUT2D eigenvalue weighted by molar-refractivity contribution is 8.03. The third kappa shape index (κ3) is 0.752. The lowest BCUT2D eigenvalue weighted by atomic mass is 10.3. The Hall–Kier alpha value is -1.17. The van der Waals surface area contributed by atoms with E-state index in [0.717, 1.165) is 4.90 Å². The van der Waals surface area contributed by atoms with Crippen LogP contribution in [-0.2, 0) is 9.53 Å². The summed E-state index contributed by atoms with van der Waals surface area (Å²) in [4.78, 5) is 23.1. The first-order valence-electron chi connectivity index (χ1n) is 3.22. The third-order valence-electron chi connectivity index (χ3n) is 1.66. The molecule has 1 saturated heterocycles. The van der Waals surface area contributed by atoms with Gasteiger partial charge in [0.15, 0.2) is 0 Å². The fourth-order valence-electron chi connectivity index (χ4n) is 1.14. The van der Waals surface area contributed by atoms with Crippen LogP contribution in [-0.4, -0.2) is 27.6 Å². The van der Waals surface area contributed by atoms with Gasteiger partial charge in [-0.1, -0.05) is 11.8 Å². The number of hydrogen-bond acceptors (Lipinski definition) is 4. The summed E-state index contributed by atoms with van der Waals surface area (Å²) in [5.41, 5.74) is -0.398. The molecule has 0 saturated carbocycles. The Kier molecular flexibility index (Phi) is 1.35. The summed E-state index contributed by atoms with van der Waals surface area (Å²) >= 11 is 1.24. The number of carboxylic acids is 1. The van der Waals surface area contributed by atoms with Gasteiger partial charge in [0, 0.05) is 4.91 Å². The summed E-state index contributed by atoms with van der Waals surface area (Å²) in [5.74, 6) is -1.08. The summed E-state index contributed by atoms with van der Waals surface area (Å²) in [7, 11) is 0. The zero-order valence-electron chi connectivity index (χ0n) is 6.10. The van der Waals surface area contributed by atoms with Crippen molar-refractivity contribution >= 4 is 23.8 Å². The number of nitrogens with zero attached hydrogens (tertiary/aromatic N) is 1. The van der Waals surface area contributed by atoms with Crippen LogP contribution in [0, 0.1) is 0 Å². The van der Waals surface area contributed by atoms with Crippen molar-refractivity contribution in [3.05, 3.63) is 10.6 Å². The summed E-state index contributed by atoms with van der Waals surface area (Å²) in [6.07, 6.45) is -0.582. The topological polar surface area (TPSA) is 66.8 Å². The van der Waals surface area contributed by atoms with Crippen molar-refractivity contribution in [2.45, 2.75) is 12.5 Å². The second-order valence-electron chi connectivity index (χ2n) is 2.39. The Balaban J connectivity index is 2.34. The number of carboxylic acid groups (broad SMARTS) is 1. The van der Waals surface area contributed by atoms with E-state index in [2.05, 4.69) is 4.74 Å². The van der Waals surface area contributed by atoms with Crippen LogP contribution in [0.4, 0.5) is 4.79 Å². The summed E-state index contributed by atoms with van der Waals surface area (Å²) in [6, 6.07) is 0. The van der Waals surface area contributed by atoms with Crippen LogP contribution in [0.5, 0.6) is 0 Å². The van der Waals surface area contributed by atoms with Crippen molar-refractivity contribution in [3.8, 4) is 0 Å². The maximum atomic E-state index is 10.8. The molecule has 2 heterocycles. The number of thioether (sulfide) groups is 1. The van der Waals surface area contributed by atoms with Crippen LogP contribution in [0.15, 0.2) is 10.6 Å². The predicted octanol–water partition coefficient (Wildman–Crippen LogP) is 0.785. The quantitative estimate of drug-likeness (QED) is 0.657. The molecular weight excluding hydrogens is 182 g/mol. The smallest absolute Gasteiger partial charge is 0.420 e. The number of allylic oxidation sites excluding steroid dienone is 1. The third-order valence-corrected chi connectivity index (χ3v) is 2.72. The van der Waals surface area contributed by atoms with Crippen molar-refractivity contribution in [3.63, 3.8) is 0 Å². The molecule has 0 aliphatic carbocycles. The van der Waals surface area contributed by atoms with Crippen molar-refractivity contribution in [1.29, 1.82) is 0 Å². The number of ether oxygens (including phenoxy) is 1. The number of fused-ring (bicyclic) bond motifs is 1. The minimum absolute atomic E-state index is 0.0428. The number of carbonyl (C=O) groups is 2. The van der Waals surface area contributed by atoms with Gasteiger partial charge in [0.25, 0.3) is 0 Å². The molecule has 1 atom stereocenters. The molecule has 2 aliphatic rings. The summed E-state index contributed by atoms with van der Waals surface area (Å²) in [6.45, 7) is 1.66. The average Bonchev–Trinajstić information content (AvgIpc) is 2.22. The lowest BCUT2D eigenvalue weighted by Gasteiger charge is -2.33. The van der Waals surface area contributed by atoms with Gasteiger partial charge in [0.05, 0.1) is 0 Å². The standard InChI is InChI=1S/C6H5NO4S/c1-2-3(4(8)9)7-5(10)11-6(7)12-2/h6H,1H3,(H,8,9)/t6-/m0/s1. The first-order valence-corrected chi connectivity index (χ1v) is 4.10. The zero-order chi connectivity index (χ0) is 8.88. The van der Waals surface area contributed by atoms with Crippen molar-refractivity contribution < 1.29 is 19.4 Å². The van der Waals surface area contributed by atoms with Crippen molar-refractivity contribution in [1.82, 2.24) is 4.90 Å². The minimum Gasteiger partial charge on any atom is -0.477 e. The fourth-order valence-corrected chi connectivity index (χ4v) is 2.16. The maximum absolute atomic E-state index is 10.8. The van der Waals surface area contributed by atoms with Crippen LogP contribution in [0.2, 0.25) is 0 Å². The van der Waals surface area contributed by atoms with Gasteiger partial charge in [-0.15, -0.1) is 0 Å². The number of rotatable bonds is 1. The largest absolute Gasteiger partial charge is 0.477 e. The first-order chi connectivity index (χ1) is 5.61. The Bertz CT molecular complexity index is 311. The molecule has 0 radical (unpaired) electrons. The first kappa shape index (κ1) is 7.48. The van der Waals surface area contributed by atoms with Gasteiger partial charge in [-0.25, -0.2) is 14.5 Å². The van der Waals surface area contributed by atoms with Crippen LogP contribution >= 0.6 is 11.8 Å². The number of hydrogen-bond donors (Lipinski definition) is 1. The second-order valence-corrected chi connectivity index (χ2v) is 3.64. The van der Waals surface area contributed by atoms with E-state index in [0.29, 0.717) is 4.91 Å². The van der Waals surface area contributed by atoms with Crippen molar-refractivity contribution in [2.24, 2.45) is 0 Å². The fraction of sp³-hybridized carbons (Fsp3) is 0.333. The lowest BCUT2D eigenvalue weighted by molar-refractivity contribution is -0.136. The van der Waals surface area contributed by atoms with Gasteiger partial charge in [-0.2, -0.15) is 0 Å². The van der Waals surface area contributed by atoms with Gasteiger partial charge in [-0.3, -0.25) is 0 Å². The van der Waals surface area contributed by atoms with Gasteiger partial charge in [-0.05, 0) is 6.92 Å². The van der Waals surface area contributed by atoms with E-state index in [1.807, 2.05) is 0 Å². The van der Waals surface area contributed by atoms with Gasteiger partial charge < -0.3 is 9.84 Å². The van der Waals surface area contributed by atoms with Crippen LogP contribution in [0.1, 0.15) is 6.92 Å². The van der Waals surface area contributed by atoms with Crippen LogP contribution in [0.3, 0.4) is 0 Å². The molecule has 0 unspecified atom stereocenters. The molecule has 64 valence electrons. The lowest BCUT2D eigenvalue weighted by Crippen LogP contribution is -2.50. The number of carbonyl (C=O) groups excluding carboxylic acids is 1. The molecule has 0 spiro atoms. The highest BCUT2D eigenvalue weighted by Gasteiger charge is 2.49. The second kappa shape index (κ2) is 2.16. The molecular formula is C6H5NO4S. The summed E-state index contributed by atoms with van der Waals surface area (Å²) < 4.78 is 4.66. The van der Waals surface area contributed by atoms with Crippen molar-refractivity contribution in [2.75, 3.05) is 0 Å². The molecule has 0 aromatic rings. The predicted molar refractivity (Wildman–Crippen MR) is 40.0 cm³/mol. The Morgan fingerprint density at radius 1 is 1.75 bits per heavy atom. The molecule has 6 heteroatoms. The van der Waals surface area contributed by atoms with E-state index in [1.54, 1.807) is 6.92 Å². The molecule has 12 heavy (non-hydrogen) atoms. The number of aliphatic carboxylic acids is 1. The normalized spacial score (nSPS) is 26.6. The Morgan fingerprint density at radius 3 is 2.83 bits per heavy atom. The van der Waals surface area contributed by atoms with E-state index in [1.165, 1.54) is 11.8 Å². The molecule has 5 nitrogen and oxygen atoms in total. The highest BCUT2D eigenvalue weighted by atomic mass is 32.2. The molecule has 0 aromatic heterocycles. The molecule has 0 aromatic carbocycles. The van der Waals surface area contributed by atoms with E-state index in [9.17, 15) is 9.59 Å². The van der Waals surface area contributed by atoms with Crippen LogP contribution in [0.25, 0.3) is 0 Å². The molecule has 0 bridgehead atoms. The molecule has 2 rings (SSSR count). The molecule has 1 amide bonds. The van der Waals surface area contributed by atoms with E-state index < -0.39 is 17.6 Å². The van der Waals surface area contributed by atoms with Gasteiger partial charge in [0.1, 0.15) is 5.70 Å². The van der Waals surface area contributed by atoms with Gasteiger partial charge >= 0.3 is 12.1 Å². The monoisotopic (exact) mass is 187 g/mol. The highest BCUT2D eigenvalue weighted by Crippen LogP contribution is 2.44. The average molecular weight is 187 g/mol. The van der Waals surface area contributed by atoms with Gasteiger partial charge in [0.2, 0.25) is 5.56 Å². The number of amides is 1. The van der Waals surface area contributed by atoms with E-state index >= 15 is 0 Å². The summed E-state index contributed by atoms with van der Waals surface area (Å²) in [5, 5.41) is 8.70. The molecule has 1 N–H and O–H groups in total.